The summed E-state index contributed by atoms with van der Waals surface area (Å²) in [4.78, 5) is 35.7. The lowest BCUT2D eigenvalue weighted by atomic mass is 9.90. The van der Waals surface area contributed by atoms with E-state index < -0.39 is 18.1 Å². The van der Waals surface area contributed by atoms with Crippen LogP contribution in [0.2, 0.25) is 0 Å². The average molecular weight is 475 g/mol. The van der Waals surface area contributed by atoms with Crippen LogP contribution in [0.4, 0.5) is 11.4 Å². The standard InChI is InChI=1S/C27H26N2O4S/c1-3-17-32-21-13-11-19(12-14-21)28-26(30)23-24(18-9-15-22(34-2)16-10-18)29(33-25(23)27(28)31)20-7-5-4-6-8-20/h4-16,23-25H,3,17H2,1-2H3/t23-,24-,25+/m0/s1. The normalized spacial score (nSPS) is 21.8. The summed E-state index contributed by atoms with van der Waals surface area (Å²) >= 11 is 1.66. The van der Waals surface area contributed by atoms with Crippen molar-refractivity contribution in [3.05, 3.63) is 84.4 Å². The Morgan fingerprint density at radius 3 is 2.24 bits per heavy atom. The van der Waals surface area contributed by atoms with Crippen molar-refractivity contribution in [3.63, 3.8) is 0 Å². The Balaban J connectivity index is 1.49. The van der Waals surface area contributed by atoms with E-state index in [1.165, 1.54) is 4.90 Å². The molecule has 0 aromatic heterocycles. The number of nitrogens with zero attached hydrogens (tertiary/aromatic N) is 2. The van der Waals surface area contributed by atoms with Gasteiger partial charge in [-0.2, -0.15) is 0 Å². The van der Waals surface area contributed by atoms with Crippen molar-refractivity contribution in [1.82, 2.24) is 0 Å². The fraction of sp³-hybridized carbons (Fsp3) is 0.259. The Morgan fingerprint density at radius 2 is 1.59 bits per heavy atom. The number of hydroxylamine groups is 1. The summed E-state index contributed by atoms with van der Waals surface area (Å²) in [6.45, 7) is 2.66. The molecule has 0 unspecified atom stereocenters. The van der Waals surface area contributed by atoms with Gasteiger partial charge in [0.15, 0.2) is 6.10 Å². The molecular weight excluding hydrogens is 448 g/mol. The molecule has 2 heterocycles. The lowest BCUT2D eigenvalue weighted by molar-refractivity contribution is -0.126. The molecule has 3 aromatic carbocycles. The van der Waals surface area contributed by atoms with Gasteiger partial charge in [0.2, 0.25) is 5.91 Å². The number of benzene rings is 3. The van der Waals surface area contributed by atoms with E-state index in [9.17, 15) is 9.59 Å². The number of hydrogen-bond donors (Lipinski definition) is 0. The number of rotatable bonds is 7. The third kappa shape index (κ3) is 3.95. The van der Waals surface area contributed by atoms with Gasteiger partial charge in [0.25, 0.3) is 5.91 Å². The van der Waals surface area contributed by atoms with Crippen LogP contribution in [0, 0.1) is 5.92 Å². The molecule has 3 aromatic rings. The second-order valence-corrected chi connectivity index (χ2v) is 9.17. The van der Waals surface area contributed by atoms with Crippen LogP contribution >= 0.6 is 11.8 Å². The fourth-order valence-electron chi connectivity index (χ4n) is 4.52. The molecule has 6 nitrogen and oxygen atoms in total. The van der Waals surface area contributed by atoms with Crippen molar-refractivity contribution in [2.24, 2.45) is 5.92 Å². The molecule has 0 radical (unpaired) electrons. The zero-order chi connectivity index (χ0) is 23.7. The number of imide groups is 1. The van der Waals surface area contributed by atoms with Gasteiger partial charge in [0, 0.05) is 4.90 Å². The zero-order valence-corrected chi connectivity index (χ0v) is 19.9. The number of amides is 2. The number of carbonyl (C=O) groups is 2. The first-order valence-electron chi connectivity index (χ1n) is 11.4. The molecule has 174 valence electrons. The average Bonchev–Trinajstić information content (AvgIpc) is 3.39. The molecule has 5 rings (SSSR count). The highest BCUT2D eigenvalue weighted by Gasteiger charge is 2.60. The largest absolute Gasteiger partial charge is 0.494 e. The number of ether oxygens (including phenoxy) is 1. The number of carbonyl (C=O) groups excluding carboxylic acids is 2. The third-order valence-electron chi connectivity index (χ3n) is 6.15. The van der Waals surface area contributed by atoms with Gasteiger partial charge in [0.1, 0.15) is 11.7 Å². The third-order valence-corrected chi connectivity index (χ3v) is 6.89. The number of thioether (sulfide) groups is 1. The molecule has 0 saturated carbocycles. The second-order valence-electron chi connectivity index (χ2n) is 8.29. The summed E-state index contributed by atoms with van der Waals surface area (Å²) < 4.78 is 5.64. The van der Waals surface area contributed by atoms with Gasteiger partial charge in [-0.15, -0.1) is 11.8 Å². The monoisotopic (exact) mass is 474 g/mol. The van der Waals surface area contributed by atoms with Gasteiger partial charge in [-0.3, -0.25) is 14.4 Å². The molecule has 0 aliphatic carbocycles. The Hall–Kier alpha value is -3.29. The maximum absolute atomic E-state index is 13.7. The van der Waals surface area contributed by atoms with Gasteiger partial charge >= 0.3 is 0 Å². The number of hydrogen-bond acceptors (Lipinski definition) is 6. The Morgan fingerprint density at radius 1 is 0.882 bits per heavy atom. The van der Waals surface area contributed by atoms with E-state index in [1.54, 1.807) is 41.1 Å². The van der Waals surface area contributed by atoms with E-state index in [0.717, 1.165) is 22.6 Å². The topological polar surface area (TPSA) is 59.1 Å². The zero-order valence-electron chi connectivity index (χ0n) is 19.1. The number of para-hydroxylation sites is 1. The molecule has 2 fully saturated rings. The maximum atomic E-state index is 13.7. The van der Waals surface area contributed by atoms with Gasteiger partial charge < -0.3 is 4.74 Å². The Kier molecular flexibility index (Phi) is 6.30. The lowest BCUT2D eigenvalue weighted by Crippen LogP contribution is -2.37. The highest BCUT2D eigenvalue weighted by Crippen LogP contribution is 2.47. The molecule has 0 N–H and O–H groups in total. The van der Waals surface area contributed by atoms with Gasteiger partial charge in [-0.25, -0.2) is 9.96 Å². The van der Waals surface area contributed by atoms with Gasteiger partial charge in [-0.05, 0) is 66.8 Å². The predicted molar refractivity (Wildman–Crippen MR) is 133 cm³/mol. The van der Waals surface area contributed by atoms with E-state index in [-0.39, 0.29) is 11.8 Å². The van der Waals surface area contributed by atoms with Crippen LogP contribution in [0.5, 0.6) is 5.75 Å². The van der Waals surface area contributed by atoms with Crippen LogP contribution in [0.3, 0.4) is 0 Å². The molecule has 0 bridgehead atoms. The minimum atomic E-state index is -0.881. The highest BCUT2D eigenvalue weighted by molar-refractivity contribution is 7.98. The van der Waals surface area contributed by atoms with Crippen molar-refractivity contribution in [3.8, 4) is 5.75 Å². The van der Waals surface area contributed by atoms with E-state index in [2.05, 4.69) is 0 Å². The molecule has 2 aliphatic rings. The van der Waals surface area contributed by atoms with Gasteiger partial charge in [0.05, 0.1) is 24.0 Å². The maximum Gasteiger partial charge on any atom is 0.266 e. The molecule has 34 heavy (non-hydrogen) atoms. The quantitative estimate of drug-likeness (QED) is 0.344. The Bertz CT molecular complexity index is 1170. The minimum Gasteiger partial charge on any atom is -0.494 e. The van der Waals surface area contributed by atoms with Crippen LogP contribution in [0.25, 0.3) is 0 Å². The predicted octanol–water partition coefficient (Wildman–Crippen LogP) is 5.25. The smallest absolute Gasteiger partial charge is 0.266 e. The summed E-state index contributed by atoms with van der Waals surface area (Å²) in [5.41, 5.74) is 2.26. The molecule has 0 spiro atoms. The van der Waals surface area contributed by atoms with E-state index in [1.807, 2.05) is 67.8 Å². The lowest BCUT2D eigenvalue weighted by Gasteiger charge is -2.28. The van der Waals surface area contributed by atoms with Crippen LogP contribution < -0.4 is 14.7 Å². The van der Waals surface area contributed by atoms with Crippen LogP contribution in [0.1, 0.15) is 24.9 Å². The summed E-state index contributed by atoms with van der Waals surface area (Å²) in [5.74, 6) is -0.539. The van der Waals surface area contributed by atoms with E-state index >= 15 is 0 Å². The first-order chi connectivity index (χ1) is 16.6. The van der Waals surface area contributed by atoms with Crippen molar-refractivity contribution < 1.29 is 19.2 Å². The molecule has 2 aliphatic heterocycles. The Labute approximate surface area is 203 Å². The van der Waals surface area contributed by atoms with Crippen molar-refractivity contribution in [1.29, 1.82) is 0 Å². The molecule has 2 amide bonds. The SMILES string of the molecule is CCCOc1ccc(N2C(=O)[C@@H]3[C@@H](ON(c4ccccc4)[C@H]3c3ccc(SC)cc3)C2=O)cc1. The van der Waals surface area contributed by atoms with Crippen LogP contribution in [0.15, 0.2) is 83.8 Å². The first kappa shape index (κ1) is 22.5. The number of fused-ring (bicyclic) bond motifs is 1. The minimum absolute atomic E-state index is 0.255. The van der Waals surface area contributed by atoms with Crippen molar-refractivity contribution in [2.75, 3.05) is 22.8 Å². The van der Waals surface area contributed by atoms with Crippen molar-refractivity contribution >= 4 is 35.0 Å². The summed E-state index contributed by atoms with van der Waals surface area (Å²) in [6, 6.07) is 24.3. The van der Waals surface area contributed by atoms with Gasteiger partial charge in [-0.1, -0.05) is 37.3 Å². The molecule has 3 atom stereocenters. The molecular formula is C27H26N2O4S. The summed E-state index contributed by atoms with van der Waals surface area (Å²) in [5, 5.41) is 1.72. The van der Waals surface area contributed by atoms with Crippen molar-refractivity contribution in [2.45, 2.75) is 30.4 Å². The fourth-order valence-corrected chi connectivity index (χ4v) is 4.93. The number of anilines is 2. The highest BCUT2D eigenvalue weighted by atomic mass is 32.2. The van der Waals surface area contributed by atoms with E-state index in [4.69, 9.17) is 9.57 Å². The molecule has 2 saturated heterocycles. The van der Waals surface area contributed by atoms with Crippen LogP contribution in [-0.4, -0.2) is 30.8 Å². The molecule has 7 heteroatoms. The second kappa shape index (κ2) is 9.52. The van der Waals surface area contributed by atoms with Crippen LogP contribution in [-0.2, 0) is 14.4 Å². The summed E-state index contributed by atoms with van der Waals surface area (Å²) in [6.07, 6.45) is 2.05. The summed E-state index contributed by atoms with van der Waals surface area (Å²) in [7, 11) is 0. The van der Waals surface area contributed by atoms with E-state index in [0.29, 0.717) is 18.0 Å². The first-order valence-corrected chi connectivity index (χ1v) is 12.6.